The van der Waals surface area contributed by atoms with Crippen molar-refractivity contribution in [1.82, 2.24) is 10.2 Å². The van der Waals surface area contributed by atoms with Crippen LogP contribution in [0.2, 0.25) is 5.15 Å². The Morgan fingerprint density at radius 2 is 1.86 bits per heavy atom. The molecule has 0 atom stereocenters. The van der Waals surface area contributed by atoms with Crippen LogP contribution in [0.4, 0.5) is 19.0 Å². The van der Waals surface area contributed by atoms with Crippen molar-refractivity contribution in [2.24, 2.45) is 0 Å². The van der Waals surface area contributed by atoms with Crippen LogP contribution in [0.25, 0.3) is 0 Å². The van der Waals surface area contributed by atoms with E-state index >= 15 is 0 Å². The zero-order valence-electron chi connectivity index (χ0n) is 11.4. The number of hydrogen-bond donors (Lipinski definition) is 1. The highest BCUT2D eigenvalue weighted by molar-refractivity contribution is 6.30. The SMILES string of the molecule is Cc1c(Cl)nnc(NCc2cccc(C(F)(F)F)c2)c1C. The van der Waals surface area contributed by atoms with Gasteiger partial charge < -0.3 is 5.32 Å². The molecule has 1 aromatic heterocycles. The van der Waals surface area contributed by atoms with Gasteiger partial charge in [0.1, 0.15) is 0 Å². The van der Waals surface area contributed by atoms with Gasteiger partial charge in [0.25, 0.3) is 0 Å². The standard InChI is InChI=1S/C14H13ClF3N3/c1-8-9(2)13(21-20-12(8)15)19-7-10-4-3-5-11(6-10)14(16,17)18/h3-6H,7H2,1-2H3,(H,19,21). The van der Waals surface area contributed by atoms with E-state index in [9.17, 15) is 13.2 Å². The van der Waals surface area contributed by atoms with Crippen LogP contribution in [0.15, 0.2) is 24.3 Å². The van der Waals surface area contributed by atoms with Gasteiger partial charge in [0.2, 0.25) is 0 Å². The predicted octanol–water partition coefficient (Wildman–Crippen LogP) is 4.38. The molecule has 0 saturated heterocycles. The van der Waals surface area contributed by atoms with E-state index in [0.29, 0.717) is 16.5 Å². The fourth-order valence-corrected chi connectivity index (χ4v) is 1.97. The molecule has 1 N–H and O–H groups in total. The minimum absolute atomic E-state index is 0.223. The zero-order valence-corrected chi connectivity index (χ0v) is 12.2. The van der Waals surface area contributed by atoms with Crippen molar-refractivity contribution in [2.45, 2.75) is 26.6 Å². The van der Waals surface area contributed by atoms with E-state index in [-0.39, 0.29) is 6.54 Å². The van der Waals surface area contributed by atoms with Crippen LogP contribution in [0.1, 0.15) is 22.3 Å². The van der Waals surface area contributed by atoms with E-state index < -0.39 is 11.7 Å². The third-order valence-corrected chi connectivity index (χ3v) is 3.54. The van der Waals surface area contributed by atoms with Crippen molar-refractivity contribution >= 4 is 17.4 Å². The smallest absolute Gasteiger partial charge is 0.364 e. The highest BCUT2D eigenvalue weighted by Crippen LogP contribution is 2.29. The minimum Gasteiger partial charge on any atom is -0.364 e. The van der Waals surface area contributed by atoms with Crippen LogP contribution in [-0.2, 0) is 12.7 Å². The maximum atomic E-state index is 12.6. The van der Waals surface area contributed by atoms with Gasteiger partial charge in [-0.25, -0.2) is 0 Å². The largest absolute Gasteiger partial charge is 0.416 e. The topological polar surface area (TPSA) is 37.8 Å². The van der Waals surface area contributed by atoms with Gasteiger partial charge in [-0.05, 0) is 42.7 Å². The maximum Gasteiger partial charge on any atom is 0.416 e. The van der Waals surface area contributed by atoms with Crippen LogP contribution in [-0.4, -0.2) is 10.2 Å². The third kappa shape index (κ3) is 3.64. The lowest BCUT2D eigenvalue weighted by atomic mass is 10.1. The summed E-state index contributed by atoms with van der Waals surface area (Å²) in [6.45, 7) is 3.85. The molecule has 1 heterocycles. The van der Waals surface area contributed by atoms with Crippen LogP contribution >= 0.6 is 11.6 Å². The molecule has 0 spiro atoms. The summed E-state index contributed by atoms with van der Waals surface area (Å²) in [7, 11) is 0. The first-order valence-electron chi connectivity index (χ1n) is 6.18. The van der Waals surface area contributed by atoms with E-state index in [1.807, 2.05) is 13.8 Å². The lowest BCUT2D eigenvalue weighted by Crippen LogP contribution is -2.08. The average molecular weight is 316 g/mol. The second-order valence-corrected chi connectivity index (χ2v) is 5.00. The Bertz CT molecular complexity index is 656. The Hall–Kier alpha value is -1.82. The fraction of sp³-hybridized carbons (Fsp3) is 0.286. The molecule has 0 radical (unpaired) electrons. The lowest BCUT2D eigenvalue weighted by molar-refractivity contribution is -0.137. The molecule has 3 nitrogen and oxygen atoms in total. The molecule has 112 valence electrons. The quantitative estimate of drug-likeness (QED) is 0.913. The van der Waals surface area contributed by atoms with Crippen molar-refractivity contribution in [3.05, 3.63) is 51.7 Å². The molecule has 0 aliphatic carbocycles. The summed E-state index contributed by atoms with van der Waals surface area (Å²) in [6.07, 6.45) is -4.34. The normalized spacial score (nSPS) is 11.5. The molecule has 0 bridgehead atoms. The molecular formula is C14H13ClF3N3. The summed E-state index contributed by atoms with van der Waals surface area (Å²) in [4.78, 5) is 0. The fourth-order valence-electron chi connectivity index (χ4n) is 1.79. The lowest BCUT2D eigenvalue weighted by Gasteiger charge is -2.12. The monoisotopic (exact) mass is 315 g/mol. The number of nitrogens with zero attached hydrogens (tertiary/aromatic N) is 2. The van der Waals surface area contributed by atoms with Crippen molar-refractivity contribution < 1.29 is 13.2 Å². The number of benzene rings is 1. The molecule has 0 aliphatic heterocycles. The first-order valence-corrected chi connectivity index (χ1v) is 6.56. The first kappa shape index (κ1) is 15.6. The number of alkyl halides is 3. The predicted molar refractivity (Wildman–Crippen MR) is 75.3 cm³/mol. The molecule has 7 heteroatoms. The summed E-state index contributed by atoms with van der Waals surface area (Å²) in [6, 6.07) is 5.15. The van der Waals surface area contributed by atoms with Crippen LogP contribution in [0.3, 0.4) is 0 Å². The van der Waals surface area contributed by atoms with Gasteiger partial charge in [0, 0.05) is 6.54 Å². The zero-order chi connectivity index (χ0) is 15.6. The Balaban J connectivity index is 2.16. The van der Waals surface area contributed by atoms with Crippen molar-refractivity contribution in [2.75, 3.05) is 5.32 Å². The van der Waals surface area contributed by atoms with Crippen molar-refractivity contribution in [1.29, 1.82) is 0 Å². The second kappa shape index (κ2) is 5.89. The Labute approximate surface area is 125 Å². The minimum atomic E-state index is -4.34. The molecule has 0 unspecified atom stereocenters. The van der Waals surface area contributed by atoms with Crippen molar-refractivity contribution in [3.8, 4) is 0 Å². The van der Waals surface area contributed by atoms with E-state index in [1.54, 1.807) is 6.07 Å². The van der Waals surface area contributed by atoms with E-state index in [1.165, 1.54) is 6.07 Å². The van der Waals surface area contributed by atoms with Crippen LogP contribution < -0.4 is 5.32 Å². The van der Waals surface area contributed by atoms with Gasteiger partial charge in [-0.1, -0.05) is 23.7 Å². The molecule has 2 rings (SSSR count). The Kier molecular flexibility index (Phi) is 4.37. The number of aromatic nitrogens is 2. The van der Waals surface area contributed by atoms with Gasteiger partial charge in [0.05, 0.1) is 5.56 Å². The molecule has 2 aromatic rings. The highest BCUT2D eigenvalue weighted by atomic mass is 35.5. The summed E-state index contributed by atoms with van der Waals surface area (Å²) in [5.74, 6) is 0.509. The van der Waals surface area contributed by atoms with E-state index in [0.717, 1.165) is 23.3 Å². The average Bonchev–Trinajstić information content (AvgIpc) is 2.43. The van der Waals surface area contributed by atoms with Gasteiger partial charge in [-0.2, -0.15) is 13.2 Å². The Morgan fingerprint density at radius 1 is 1.14 bits per heavy atom. The van der Waals surface area contributed by atoms with Gasteiger partial charge in [0.15, 0.2) is 11.0 Å². The Morgan fingerprint density at radius 3 is 2.52 bits per heavy atom. The molecule has 0 fully saturated rings. The number of nitrogens with one attached hydrogen (secondary N) is 1. The summed E-state index contributed by atoms with van der Waals surface area (Å²) in [5.41, 5.74) is 1.45. The molecular weight excluding hydrogens is 303 g/mol. The first-order chi connectivity index (χ1) is 9.79. The highest BCUT2D eigenvalue weighted by Gasteiger charge is 2.30. The molecule has 0 amide bonds. The molecule has 0 aliphatic rings. The van der Waals surface area contributed by atoms with Crippen molar-refractivity contribution in [3.63, 3.8) is 0 Å². The van der Waals surface area contributed by atoms with E-state index in [4.69, 9.17) is 11.6 Å². The van der Waals surface area contributed by atoms with Gasteiger partial charge >= 0.3 is 6.18 Å². The number of halogens is 4. The van der Waals surface area contributed by atoms with Crippen LogP contribution in [0, 0.1) is 13.8 Å². The number of hydrogen-bond acceptors (Lipinski definition) is 3. The van der Waals surface area contributed by atoms with Gasteiger partial charge in [-0.3, -0.25) is 0 Å². The maximum absolute atomic E-state index is 12.6. The summed E-state index contributed by atoms with van der Waals surface area (Å²) >= 11 is 5.85. The van der Waals surface area contributed by atoms with Crippen LogP contribution in [0.5, 0.6) is 0 Å². The molecule has 1 aromatic carbocycles. The second-order valence-electron chi connectivity index (χ2n) is 4.64. The number of anilines is 1. The summed E-state index contributed by atoms with van der Waals surface area (Å²) < 4.78 is 37.9. The number of rotatable bonds is 3. The summed E-state index contributed by atoms with van der Waals surface area (Å²) in [5, 5.41) is 11.0. The van der Waals surface area contributed by atoms with E-state index in [2.05, 4.69) is 15.5 Å². The van der Waals surface area contributed by atoms with Gasteiger partial charge in [-0.15, -0.1) is 10.2 Å². The molecule has 0 saturated carbocycles. The third-order valence-electron chi connectivity index (χ3n) is 3.18. The molecule has 21 heavy (non-hydrogen) atoms.